The average molecular weight is 220 g/mol. The molecule has 3 heteroatoms. The predicted molar refractivity (Wildman–Crippen MR) is 63.3 cm³/mol. The number of aromatic nitrogens is 2. The molecule has 1 saturated carbocycles. The van der Waals surface area contributed by atoms with Crippen LogP contribution in [0.3, 0.4) is 0 Å². The van der Waals surface area contributed by atoms with Crippen molar-refractivity contribution >= 4 is 5.78 Å². The van der Waals surface area contributed by atoms with E-state index in [9.17, 15) is 4.79 Å². The van der Waals surface area contributed by atoms with Gasteiger partial charge in [0.05, 0.1) is 5.69 Å². The van der Waals surface area contributed by atoms with Crippen LogP contribution in [0, 0.1) is 5.92 Å². The van der Waals surface area contributed by atoms with E-state index in [-0.39, 0.29) is 0 Å². The van der Waals surface area contributed by atoms with E-state index in [0.29, 0.717) is 18.1 Å². The Bertz CT molecular complexity index is 377. The Morgan fingerprint density at radius 3 is 2.81 bits per heavy atom. The second-order valence-corrected chi connectivity index (χ2v) is 4.82. The molecule has 3 nitrogen and oxygen atoms in total. The van der Waals surface area contributed by atoms with Gasteiger partial charge in [0.25, 0.3) is 0 Å². The normalized spacial score (nSPS) is 16.1. The topological polar surface area (TPSA) is 34.9 Å². The minimum Gasteiger partial charge on any atom is -0.299 e. The van der Waals surface area contributed by atoms with E-state index in [1.165, 1.54) is 19.3 Å². The molecule has 2 rings (SSSR count). The van der Waals surface area contributed by atoms with Crippen LogP contribution in [0.4, 0.5) is 0 Å². The molecule has 0 aromatic carbocycles. The van der Waals surface area contributed by atoms with Crippen LogP contribution in [0.25, 0.3) is 0 Å². The Balaban J connectivity index is 1.91. The molecule has 0 bridgehead atoms. The fourth-order valence-corrected chi connectivity index (χ4v) is 2.20. The van der Waals surface area contributed by atoms with E-state index >= 15 is 0 Å². The molecule has 1 aromatic rings. The lowest BCUT2D eigenvalue weighted by atomic mass is 9.81. The quantitative estimate of drug-likeness (QED) is 0.763. The number of nitrogens with zero attached hydrogens (tertiary/aromatic N) is 2. The maximum Gasteiger partial charge on any atom is 0.139 e. The number of carbonyl (C=O) groups excluding carboxylic acids is 1. The Kier molecular flexibility index (Phi) is 3.42. The molecule has 0 aliphatic heterocycles. The van der Waals surface area contributed by atoms with Gasteiger partial charge in [-0.05, 0) is 18.4 Å². The largest absolute Gasteiger partial charge is 0.299 e. The molecular formula is C13H20N2O. The standard InChI is InChI=1S/C13H20N2O/c1-3-11-8-12(15(2)14-11)9-13(16)7-10-5-4-6-10/h8,10H,3-7,9H2,1-2H3. The van der Waals surface area contributed by atoms with E-state index in [1.54, 1.807) is 0 Å². The Labute approximate surface area is 96.8 Å². The zero-order chi connectivity index (χ0) is 11.5. The number of rotatable bonds is 5. The molecule has 0 amide bonds. The summed E-state index contributed by atoms with van der Waals surface area (Å²) >= 11 is 0. The molecule has 0 unspecified atom stereocenters. The highest BCUT2D eigenvalue weighted by molar-refractivity contribution is 5.80. The van der Waals surface area contributed by atoms with Gasteiger partial charge in [-0.3, -0.25) is 9.48 Å². The molecule has 0 spiro atoms. The van der Waals surface area contributed by atoms with Crippen LogP contribution in [-0.2, 0) is 24.7 Å². The lowest BCUT2D eigenvalue weighted by Crippen LogP contribution is -2.17. The first-order chi connectivity index (χ1) is 7.69. The van der Waals surface area contributed by atoms with Crippen molar-refractivity contribution in [2.45, 2.75) is 45.4 Å². The van der Waals surface area contributed by atoms with Crippen molar-refractivity contribution in [2.24, 2.45) is 13.0 Å². The molecule has 88 valence electrons. The van der Waals surface area contributed by atoms with Gasteiger partial charge in [0, 0.05) is 25.6 Å². The van der Waals surface area contributed by atoms with E-state index < -0.39 is 0 Å². The van der Waals surface area contributed by atoms with Crippen molar-refractivity contribution in [1.82, 2.24) is 9.78 Å². The third kappa shape index (κ3) is 2.52. The highest BCUT2D eigenvalue weighted by Crippen LogP contribution is 2.29. The van der Waals surface area contributed by atoms with Gasteiger partial charge in [0.1, 0.15) is 5.78 Å². The highest BCUT2D eigenvalue weighted by Gasteiger charge is 2.21. The molecule has 1 heterocycles. The third-order valence-electron chi connectivity index (χ3n) is 3.51. The van der Waals surface area contributed by atoms with Gasteiger partial charge in [-0.15, -0.1) is 0 Å². The minimum absolute atomic E-state index is 0.371. The summed E-state index contributed by atoms with van der Waals surface area (Å²) in [6, 6.07) is 2.05. The van der Waals surface area contributed by atoms with Gasteiger partial charge in [-0.1, -0.05) is 26.2 Å². The first-order valence-electron chi connectivity index (χ1n) is 6.22. The average Bonchev–Trinajstić information content (AvgIpc) is 2.54. The van der Waals surface area contributed by atoms with Gasteiger partial charge in [-0.2, -0.15) is 5.10 Å². The van der Waals surface area contributed by atoms with Crippen LogP contribution >= 0.6 is 0 Å². The summed E-state index contributed by atoms with van der Waals surface area (Å²) in [5.41, 5.74) is 2.13. The Morgan fingerprint density at radius 2 is 2.31 bits per heavy atom. The number of hydrogen-bond acceptors (Lipinski definition) is 2. The molecule has 1 fully saturated rings. The number of aryl methyl sites for hydroxylation is 2. The van der Waals surface area contributed by atoms with Crippen molar-refractivity contribution in [2.75, 3.05) is 0 Å². The van der Waals surface area contributed by atoms with Crippen LogP contribution in [-0.4, -0.2) is 15.6 Å². The summed E-state index contributed by atoms with van der Waals surface area (Å²) in [7, 11) is 1.92. The van der Waals surface area contributed by atoms with E-state index in [2.05, 4.69) is 18.1 Å². The molecular weight excluding hydrogens is 200 g/mol. The number of Topliss-reactive ketones (excluding diaryl/α,β-unsaturated/α-hetero) is 1. The second-order valence-electron chi connectivity index (χ2n) is 4.82. The van der Waals surface area contributed by atoms with Crippen molar-refractivity contribution in [3.05, 3.63) is 17.5 Å². The third-order valence-corrected chi connectivity index (χ3v) is 3.51. The molecule has 0 saturated heterocycles. The SMILES string of the molecule is CCc1cc(CC(=O)CC2CCC2)n(C)n1. The van der Waals surface area contributed by atoms with Gasteiger partial charge in [0.2, 0.25) is 0 Å². The summed E-state index contributed by atoms with van der Waals surface area (Å²) in [5.74, 6) is 1.04. The fourth-order valence-electron chi connectivity index (χ4n) is 2.20. The number of hydrogen-bond donors (Lipinski definition) is 0. The zero-order valence-electron chi connectivity index (χ0n) is 10.2. The second kappa shape index (κ2) is 4.81. The summed E-state index contributed by atoms with van der Waals surface area (Å²) in [6.07, 6.45) is 6.07. The zero-order valence-corrected chi connectivity index (χ0v) is 10.2. The summed E-state index contributed by atoms with van der Waals surface area (Å²) in [4.78, 5) is 11.8. The molecule has 1 aromatic heterocycles. The van der Waals surface area contributed by atoms with Gasteiger partial charge < -0.3 is 0 Å². The summed E-state index contributed by atoms with van der Waals surface area (Å²) in [5, 5.41) is 4.36. The Morgan fingerprint density at radius 1 is 1.56 bits per heavy atom. The summed E-state index contributed by atoms with van der Waals surface area (Å²) < 4.78 is 1.84. The van der Waals surface area contributed by atoms with Crippen molar-refractivity contribution in [1.29, 1.82) is 0 Å². The monoisotopic (exact) mass is 220 g/mol. The van der Waals surface area contributed by atoms with Crippen LogP contribution in [0.1, 0.15) is 44.0 Å². The maximum absolute atomic E-state index is 11.8. The molecule has 0 N–H and O–H groups in total. The van der Waals surface area contributed by atoms with Crippen LogP contribution in [0.15, 0.2) is 6.07 Å². The molecule has 0 radical (unpaired) electrons. The first-order valence-corrected chi connectivity index (χ1v) is 6.22. The fraction of sp³-hybridized carbons (Fsp3) is 0.692. The number of carbonyl (C=O) groups is 1. The van der Waals surface area contributed by atoms with Gasteiger partial charge in [0.15, 0.2) is 0 Å². The lowest BCUT2D eigenvalue weighted by Gasteiger charge is -2.24. The predicted octanol–water partition coefficient (Wildman–Crippen LogP) is 2.28. The van der Waals surface area contributed by atoms with Crippen LogP contribution < -0.4 is 0 Å². The van der Waals surface area contributed by atoms with Crippen LogP contribution in [0.5, 0.6) is 0 Å². The smallest absolute Gasteiger partial charge is 0.139 e. The first kappa shape index (κ1) is 11.4. The minimum atomic E-state index is 0.371. The molecule has 16 heavy (non-hydrogen) atoms. The van der Waals surface area contributed by atoms with Crippen molar-refractivity contribution < 1.29 is 4.79 Å². The van der Waals surface area contributed by atoms with Gasteiger partial charge >= 0.3 is 0 Å². The Hall–Kier alpha value is -1.12. The van der Waals surface area contributed by atoms with Crippen molar-refractivity contribution in [3.63, 3.8) is 0 Å². The highest BCUT2D eigenvalue weighted by atomic mass is 16.1. The van der Waals surface area contributed by atoms with Gasteiger partial charge in [-0.25, -0.2) is 0 Å². The lowest BCUT2D eigenvalue weighted by molar-refractivity contribution is -0.120. The van der Waals surface area contributed by atoms with E-state index in [1.807, 2.05) is 11.7 Å². The van der Waals surface area contributed by atoms with E-state index in [0.717, 1.165) is 24.2 Å². The van der Waals surface area contributed by atoms with Crippen molar-refractivity contribution in [3.8, 4) is 0 Å². The molecule has 1 aliphatic carbocycles. The molecule has 0 atom stereocenters. The van der Waals surface area contributed by atoms with E-state index in [4.69, 9.17) is 0 Å². The molecule has 1 aliphatic rings. The maximum atomic E-state index is 11.8. The number of ketones is 1. The summed E-state index contributed by atoms with van der Waals surface area (Å²) in [6.45, 7) is 2.09. The van der Waals surface area contributed by atoms with Crippen LogP contribution in [0.2, 0.25) is 0 Å².